The largest absolute Gasteiger partial charge is 0.482 e. The van der Waals surface area contributed by atoms with Gasteiger partial charge in [-0.15, -0.1) is 0 Å². The normalized spacial score (nSPS) is 13.9. The van der Waals surface area contributed by atoms with Gasteiger partial charge in [0.1, 0.15) is 5.75 Å². The highest BCUT2D eigenvalue weighted by molar-refractivity contribution is 5.95. The van der Waals surface area contributed by atoms with Crippen molar-refractivity contribution in [3.63, 3.8) is 0 Å². The number of ether oxygens (including phenoxy) is 1. The zero-order valence-electron chi connectivity index (χ0n) is 9.38. The van der Waals surface area contributed by atoms with Crippen molar-refractivity contribution < 1.29 is 9.53 Å². The van der Waals surface area contributed by atoms with Gasteiger partial charge in [0.2, 0.25) is 0 Å². The number of anilines is 1. The Balaban J connectivity index is 2.06. The van der Waals surface area contributed by atoms with Crippen molar-refractivity contribution in [2.45, 2.75) is 13.3 Å². The summed E-state index contributed by atoms with van der Waals surface area (Å²) in [5.41, 5.74) is 1.98. The van der Waals surface area contributed by atoms with Gasteiger partial charge in [-0.05, 0) is 37.2 Å². The Hall–Kier alpha value is -1.55. The zero-order valence-corrected chi connectivity index (χ0v) is 9.38. The molecule has 0 fully saturated rings. The number of nitrogens with one attached hydrogen (secondary N) is 2. The van der Waals surface area contributed by atoms with Gasteiger partial charge in [0.15, 0.2) is 6.61 Å². The molecule has 0 aromatic heterocycles. The van der Waals surface area contributed by atoms with Crippen LogP contribution < -0.4 is 15.4 Å². The van der Waals surface area contributed by atoms with Gasteiger partial charge >= 0.3 is 0 Å². The van der Waals surface area contributed by atoms with Gasteiger partial charge in [-0.2, -0.15) is 0 Å². The summed E-state index contributed by atoms with van der Waals surface area (Å²) in [6, 6.07) is 5.92. The number of likely N-dealkylation sites (N-methyl/N-ethyl adjacent to an activating group) is 1. The van der Waals surface area contributed by atoms with Gasteiger partial charge in [-0.25, -0.2) is 0 Å². The number of fused-ring (bicyclic) bond motifs is 1. The Morgan fingerprint density at radius 2 is 2.38 bits per heavy atom. The van der Waals surface area contributed by atoms with E-state index in [9.17, 15) is 4.79 Å². The van der Waals surface area contributed by atoms with Crippen LogP contribution in [0.25, 0.3) is 0 Å². The second-order valence-electron chi connectivity index (χ2n) is 3.77. The topological polar surface area (TPSA) is 50.4 Å². The molecule has 0 spiro atoms. The van der Waals surface area contributed by atoms with Crippen LogP contribution in [0, 0.1) is 0 Å². The van der Waals surface area contributed by atoms with E-state index in [4.69, 9.17) is 4.74 Å². The molecule has 0 unspecified atom stereocenters. The molecular weight excluding hydrogens is 204 g/mol. The Bertz CT molecular complexity index is 391. The molecule has 4 nitrogen and oxygen atoms in total. The third-order valence-corrected chi connectivity index (χ3v) is 2.52. The Morgan fingerprint density at radius 3 is 3.19 bits per heavy atom. The third-order valence-electron chi connectivity index (χ3n) is 2.52. The molecule has 0 radical (unpaired) electrons. The minimum Gasteiger partial charge on any atom is -0.482 e. The van der Waals surface area contributed by atoms with Crippen molar-refractivity contribution in [2.75, 3.05) is 25.0 Å². The highest BCUT2D eigenvalue weighted by atomic mass is 16.5. The molecule has 1 aliphatic heterocycles. The molecule has 0 atom stereocenters. The standard InChI is InChI=1S/C12H16N2O2/c1-2-13-6-5-9-3-4-11-10(7-9)14-12(15)8-16-11/h3-4,7,13H,2,5-6,8H2,1H3,(H,14,15). The molecule has 0 bridgehead atoms. The SMILES string of the molecule is CCNCCc1ccc2c(c1)NC(=O)CO2. The second kappa shape index (κ2) is 4.99. The van der Waals surface area contributed by atoms with Crippen LogP contribution in [0.3, 0.4) is 0 Å². The minimum absolute atomic E-state index is 0.0867. The Labute approximate surface area is 95.0 Å². The number of amides is 1. The predicted molar refractivity (Wildman–Crippen MR) is 62.8 cm³/mol. The summed E-state index contributed by atoms with van der Waals surface area (Å²) in [4.78, 5) is 11.1. The Kier molecular flexibility index (Phi) is 3.41. The molecule has 1 aliphatic rings. The average Bonchev–Trinajstić information content (AvgIpc) is 2.29. The molecule has 86 valence electrons. The van der Waals surface area contributed by atoms with E-state index in [1.165, 1.54) is 5.56 Å². The first kappa shape index (κ1) is 11.0. The maximum absolute atomic E-state index is 11.1. The first-order chi connectivity index (χ1) is 7.79. The fourth-order valence-corrected chi connectivity index (χ4v) is 1.70. The van der Waals surface area contributed by atoms with Crippen LogP contribution in [-0.4, -0.2) is 25.6 Å². The molecule has 0 aliphatic carbocycles. The van der Waals surface area contributed by atoms with Gasteiger partial charge in [0.05, 0.1) is 5.69 Å². The summed E-state index contributed by atoms with van der Waals surface area (Å²) in [6.07, 6.45) is 0.955. The average molecular weight is 220 g/mol. The van der Waals surface area contributed by atoms with E-state index >= 15 is 0 Å². The van der Waals surface area contributed by atoms with Crippen LogP contribution in [0.4, 0.5) is 5.69 Å². The summed E-state index contributed by atoms with van der Waals surface area (Å²) in [6.45, 7) is 4.12. The van der Waals surface area contributed by atoms with Crippen LogP contribution in [0.5, 0.6) is 5.75 Å². The molecule has 0 saturated carbocycles. The Morgan fingerprint density at radius 1 is 1.50 bits per heavy atom. The molecular formula is C12H16N2O2. The summed E-state index contributed by atoms with van der Waals surface area (Å²) in [7, 11) is 0. The van der Waals surface area contributed by atoms with E-state index in [1.807, 2.05) is 18.2 Å². The number of carbonyl (C=O) groups is 1. The lowest BCUT2D eigenvalue weighted by atomic mass is 10.1. The molecule has 4 heteroatoms. The van der Waals surface area contributed by atoms with E-state index < -0.39 is 0 Å². The zero-order chi connectivity index (χ0) is 11.4. The van der Waals surface area contributed by atoms with Crippen molar-refractivity contribution >= 4 is 11.6 Å². The molecule has 1 aromatic carbocycles. The van der Waals surface area contributed by atoms with Crippen LogP contribution in [0.15, 0.2) is 18.2 Å². The predicted octanol–water partition coefficient (Wildman–Crippen LogP) is 1.17. The number of hydrogen-bond acceptors (Lipinski definition) is 3. The lowest BCUT2D eigenvalue weighted by molar-refractivity contribution is -0.118. The quantitative estimate of drug-likeness (QED) is 0.749. The van der Waals surface area contributed by atoms with Crippen molar-refractivity contribution in [1.29, 1.82) is 0 Å². The van der Waals surface area contributed by atoms with Crippen LogP contribution in [-0.2, 0) is 11.2 Å². The second-order valence-corrected chi connectivity index (χ2v) is 3.77. The lowest BCUT2D eigenvalue weighted by Crippen LogP contribution is -2.25. The van der Waals surface area contributed by atoms with Gasteiger partial charge in [-0.1, -0.05) is 13.0 Å². The number of carbonyl (C=O) groups excluding carboxylic acids is 1. The van der Waals surface area contributed by atoms with Crippen LogP contribution in [0.2, 0.25) is 0 Å². The summed E-state index contributed by atoms with van der Waals surface area (Å²) in [5, 5.41) is 6.07. The van der Waals surface area contributed by atoms with Gasteiger partial charge < -0.3 is 15.4 Å². The molecule has 0 saturated heterocycles. The van der Waals surface area contributed by atoms with E-state index in [-0.39, 0.29) is 12.5 Å². The fourth-order valence-electron chi connectivity index (χ4n) is 1.70. The first-order valence-corrected chi connectivity index (χ1v) is 5.56. The van der Waals surface area contributed by atoms with E-state index in [1.54, 1.807) is 0 Å². The molecule has 2 N–H and O–H groups in total. The maximum atomic E-state index is 11.1. The molecule has 2 rings (SSSR count). The van der Waals surface area contributed by atoms with E-state index in [0.717, 1.165) is 30.9 Å². The van der Waals surface area contributed by atoms with Crippen LogP contribution in [0.1, 0.15) is 12.5 Å². The third kappa shape index (κ3) is 2.52. The number of benzene rings is 1. The summed E-state index contributed by atoms with van der Waals surface area (Å²) < 4.78 is 5.29. The van der Waals surface area contributed by atoms with E-state index in [0.29, 0.717) is 0 Å². The molecule has 1 amide bonds. The van der Waals surface area contributed by atoms with Crippen molar-refractivity contribution in [2.24, 2.45) is 0 Å². The fraction of sp³-hybridized carbons (Fsp3) is 0.417. The minimum atomic E-state index is -0.0867. The lowest BCUT2D eigenvalue weighted by Gasteiger charge is -2.18. The number of rotatable bonds is 4. The monoisotopic (exact) mass is 220 g/mol. The summed E-state index contributed by atoms with van der Waals surface area (Å²) in [5.74, 6) is 0.670. The number of hydrogen-bond donors (Lipinski definition) is 2. The van der Waals surface area contributed by atoms with Crippen LogP contribution >= 0.6 is 0 Å². The van der Waals surface area contributed by atoms with Gasteiger partial charge in [-0.3, -0.25) is 4.79 Å². The highest BCUT2D eigenvalue weighted by Crippen LogP contribution is 2.28. The smallest absolute Gasteiger partial charge is 0.262 e. The first-order valence-electron chi connectivity index (χ1n) is 5.56. The van der Waals surface area contributed by atoms with Crippen molar-refractivity contribution in [3.05, 3.63) is 23.8 Å². The van der Waals surface area contributed by atoms with Crippen molar-refractivity contribution in [3.8, 4) is 5.75 Å². The molecule has 1 aromatic rings. The van der Waals surface area contributed by atoms with Crippen molar-refractivity contribution in [1.82, 2.24) is 5.32 Å². The van der Waals surface area contributed by atoms with E-state index in [2.05, 4.69) is 17.6 Å². The van der Waals surface area contributed by atoms with Gasteiger partial charge in [0, 0.05) is 0 Å². The van der Waals surface area contributed by atoms with Gasteiger partial charge in [0.25, 0.3) is 5.91 Å². The molecule has 16 heavy (non-hydrogen) atoms. The molecule has 1 heterocycles. The maximum Gasteiger partial charge on any atom is 0.262 e. The highest BCUT2D eigenvalue weighted by Gasteiger charge is 2.15. The summed E-state index contributed by atoms with van der Waals surface area (Å²) >= 11 is 0.